The predicted molar refractivity (Wildman–Crippen MR) is 152 cm³/mol. The van der Waals surface area contributed by atoms with Crippen LogP contribution in [-0.2, 0) is 27.2 Å². The standard InChI is InChI=1S/C31H36N4O8/c1-14-7-18-8-20-22(10-32)35-21(26(34-20)24(18)30(27(14)39-6)40-12-38-5)9-19-25(23(35)11-33-16(3)36)31-29(41-13-42-31)15(2)28(19)43-17(4)37/h7,20-23,26,34H,8-9,11-13H2,1-6H3,(H,33,36)/t20-,21?,22+,23+,26+/m1/s1. The molecule has 0 aromatic heterocycles. The van der Waals surface area contributed by atoms with Gasteiger partial charge in [-0.15, -0.1) is 0 Å². The molecule has 0 spiro atoms. The van der Waals surface area contributed by atoms with Crippen molar-refractivity contribution in [3.05, 3.63) is 39.4 Å². The van der Waals surface area contributed by atoms with Crippen molar-refractivity contribution in [3.8, 4) is 34.8 Å². The van der Waals surface area contributed by atoms with Crippen molar-refractivity contribution >= 4 is 11.9 Å². The number of methoxy groups -OCH3 is 2. The largest absolute Gasteiger partial charge is 0.493 e. The van der Waals surface area contributed by atoms with Gasteiger partial charge in [0.25, 0.3) is 0 Å². The zero-order chi connectivity index (χ0) is 30.6. The number of hydrogen-bond acceptors (Lipinski definition) is 11. The van der Waals surface area contributed by atoms with Crippen LogP contribution >= 0.6 is 0 Å². The van der Waals surface area contributed by atoms with Crippen LogP contribution in [-0.4, -0.2) is 69.3 Å². The van der Waals surface area contributed by atoms with E-state index in [1.165, 1.54) is 13.8 Å². The summed E-state index contributed by atoms with van der Waals surface area (Å²) < 4.78 is 35.0. The molecule has 0 aliphatic carbocycles. The van der Waals surface area contributed by atoms with Gasteiger partial charge in [-0.1, -0.05) is 6.07 Å². The molecule has 43 heavy (non-hydrogen) atoms. The second-order valence-electron chi connectivity index (χ2n) is 11.4. The summed E-state index contributed by atoms with van der Waals surface area (Å²) in [5.41, 5.74) is 5.15. The number of aryl methyl sites for hydroxylation is 1. The highest BCUT2D eigenvalue weighted by Gasteiger charge is 2.54. The third-order valence-corrected chi connectivity index (χ3v) is 8.85. The van der Waals surface area contributed by atoms with Gasteiger partial charge in [-0.05, 0) is 37.8 Å². The van der Waals surface area contributed by atoms with Crippen molar-refractivity contribution in [2.75, 3.05) is 34.4 Å². The molecule has 12 heteroatoms. The predicted octanol–water partition coefficient (Wildman–Crippen LogP) is 2.51. The Bertz CT molecular complexity index is 1540. The van der Waals surface area contributed by atoms with Gasteiger partial charge in [0, 0.05) is 61.8 Å². The Kier molecular flexibility index (Phi) is 7.58. The average Bonchev–Trinajstić information content (AvgIpc) is 3.46. The van der Waals surface area contributed by atoms with E-state index in [1.54, 1.807) is 14.2 Å². The Morgan fingerprint density at radius 1 is 1.12 bits per heavy atom. The van der Waals surface area contributed by atoms with Crippen molar-refractivity contribution in [3.63, 3.8) is 0 Å². The van der Waals surface area contributed by atoms with Crippen LogP contribution < -0.4 is 34.3 Å². The highest BCUT2D eigenvalue weighted by Crippen LogP contribution is 2.56. The van der Waals surface area contributed by atoms with Crippen molar-refractivity contribution in [2.24, 2.45) is 0 Å². The lowest BCUT2D eigenvalue weighted by Gasteiger charge is -2.56. The first kappa shape index (κ1) is 29.0. The lowest BCUT2D eigenvalue weighted by Crippen LogP contribution is -2.68. The third-order valence-electron chi connectivity index (χ3n) is 8.85. The van der Waals surface area contributed by atoms with E-state index < -0.39 is 18.1 Å². The van der Waals surface area contributed by atoms with Crippen molar-refractivity contribution in [1.82, 2.24) is 15.5 Å². The number of carbonyl (C=O) groups excluding carboxylic acids is 2. The molecular formula is C31H36N4O8. The highest BCUT2D eigenvalue weighted by atomic mass is 16.7. The lowest BCUT2D eigenvalue weighted by molar-refractivity contribution is -0.132. The van der Waals surface area contributed by atoms with Crippen LogP contribution in [0, 0.1) is 25.2 Å². The van der Waals surface area contributed by atoms with E-state index in [-0.39, 0.29) is 44.2 Å². The second-order valence-corrected chi connectivity index (χ2v) is 11.4. The summed E-state index contributed by atoms with van der Waals surface area (Å²) in [6.45, 7) is 6.91. The monoisotopic (exact) mass is 592 g/mol. The number of benzene rings is 2. The average molecular weight is 593 g/mol. The van der Waals surface area contributed by atoms with Gasteiger partial charge in [0.1, 0.15) is 11.8 Å². The molecule has 1 saturated heterocycles. The number of nitriles is 1. The zero-order valence-electron chi connectivity index (χ0n) is 25.2. The third kappa shape index (κ3) is 4.63. The Labute approximate surface area is 250 Å². The van der Waals surface area contributed by atoms with Crippen LogP contribution in [0.4, 0.5) is 0 Å². The molecule has 1 amide bonds. The van der Waals surface area contributed by atoms with Gasteiger partial charge in [0.15, 0.2) is 29.8 Å². The maximum Gasteiger partial charge on any atom is 0.308 e. The first-order valence-corrected chi connectivity index (χ1v) is 14.3. The number of amides is 1. The van der Waals surface area contributed by atoms with Crippen LogP contribution in [0.5, 0.6) is 28.7 Å². The molecule has 0 saturated carbocycles. The van der Waals surface area contributed by atoms with Crippen LogP contribution in [0.3, 0.4) is 0 Å². The van der Waals surface area contributed by atoms with Gasteiger partial charge >= 0.3 is 5.97 Å². The van der Waals surface area contributed by atoms with Crippen LogP contribution in [0.15, 0.2) is 6.07 Å². The van der Waals surface area contributed by atoms with E-state index in [0.29, 0.717) is 47.2 Å². The van der Waals surface area contributed by atoms with Gasteiger partial charge in [0.2, 0.25) is 12.7 Å². The molecule has 0 radical (unpaired) electrons. The number of nitrogens with one attached hydrogen (secondary N) is 2. The van der Waals surface area contributed by atoms with Gasteiger partial charge in [-0.3, -0.25) is 14.5 Å². The van der Waals surface area contributed by atoms with Gasteiger partial charge in [-0.2, -0.15) is 5.26 Å². The van der Waals surface area contributed by atoms with Gasteiger partial charge in [0.05, 0.1) is 25.3 Å². The van der Waals surface area contributed by atoms with Gasteiger partial charge < -0.3 is 39.1 Å². The summed E-state index contributed by atoms with van der Waals surface area (Å²) in [6.07, 6.45) is 1.01. The summed E-state index contributed by atoms with van der Waals surface area (Å²) in [6, 6.07) is 2.88. The highest BCUT2D eigenvalue weighted by molar-refractivity contribution is 5.75. The van der Waals surface area contributed by atoms with E-state index in [2.05, 4.69) is 27.7 Å². The molecule has 228 valence electrons. The summed E-state index contributed by atoms with van der Waals surface area (Å²) in [7, 11) is 3.18. The molecular weight excluding hydrogens is 556 g/mol. The molecule has 1 fully saturated rings. The number of piperazine rings is 1. The second kappa shape index (κ2) is 11.2. The van der Waals surface area contributed by atoms with E-state index in [4.69, 9.17) is 28.4 Å². The van der Waals surface area contributed by atoms with Crippen molar-refractivity contribution < 1.29 is 38.0 Å². The topological polar surface area (TPSA) is 141 Å². The quantitative estimate of drug-likeness (QED) is 0.278. The number of nitrogens with zero attached hydrogens (tertiary/aromatic N) is 2. The number of rotatable bonds is 7. The first-order chi connectivity index (χ1) is 20.7. The molecule has 5 atom stereocenters. The Hall–Kier alpha value is -4.05. The molecule has 12 nitrogen and oxygen atoms in total. The van der Waals surface area contributed by atoms with Crippen LogP contribution in [0.2, 0.25) is 0 Å². The summed E-state index contributed by atoms with van der Waals surface area (Å²) in [4.78, 5) is 26.8. The number of ether oxygens (including phenoxy) is 6. The lowest BCUT2D eigenvalue weighted by atomic mass is 9.72. The van der Waals surface area contributed by atoms with Crippen LogP contribution in [0.25, 0.3) is 0 Å². The van der Waals surface area contributed by atoms with E-state index in [9.17, 15) is 14.9 Å². The number of carbonyl (C=O) groups is 2. The molecule has 1 unspecified atom stereocenters. The molecule has 2 aromatic rings. The van der Waals surface area contributed by atoms with Gasteiger partial charge in [-0.25, -0.2) is 0 Å². The minimum Gasteiger partial charge on any atom is -0.493 e. The maximum atomic E-state index is 12.4. The first-order valence-electron chi connectivity index (χ1n) is 14.3. The molecule has 2 N–H and O–H groups in total. The summed E-state index contributed by atoms with van der Waals surface area (Å²) in [5.74, 6) is 2.04. The fraction of sp³-hybridized carbons (Fsp3) is 0.516. The summed E-state index contributed by atoms with van der Waals surface area (Å²) >= 11 is 0. The fourth-order valence-corrected chi connectivity index (χ4v) is 7.37. The minimum absolute atomic E-state index is 0.0175. The molecule has 4 heterocycles. The SMILES string of the molecule is COCOc1c(OC)c(C)cc2c1[C@H]1N[C@H](C2)[C@H](C#N)N2C1Cc1c(OC(C)=O)c(C)c3c(c1[C@@H]2CNC(C)=O)OCO3. The summed E-state index contributed by atoms with van der Waals surface area (Å²) in [5, 5.41) is 17.4. The molecule has 4 aliphatic heterocycles. The minimum atomic E-state index is -0.538. The molecule has 2 bridgehead atoms. The zero-order valence-corrected chi connectivity index (χ0v) is 25.2. The normalized spacial score (nSPS) is 24.6. The van der Waals surface area contributed by atoms with Crippen molar-refractivity contribution in [2.45, 2.75) is 70.7 Å². The van der Waals surface area contributed by atoms with E-state index >= 15 is 0 Å². The molecule has 4 aliphatic rings. The smallest absolute Gasteiger partial charge is 0.308 e. The Morgan fingerprint density at radius 2 is 1.88 bits per heavy atom. The molecule has 6 rings (SSSR count). The Balaban J connectivity index is 1.60. The van der Waals surface area contributed by atoms with Crippen LogP contribution in [0.1, 0.15) is 59.3 Å². The van der Waals surface area contributed by atoms with E-state index in [0.717, 1.165) is 27.8 Å². The fourth-order valence-electron chi connectivity index (χ4n) is 7.37. The maximum absolute atomic E-state index is 12.4. The van der Waals surface area contributed by atoms with E-state index in [1.807, 2.05) is 13.8 Å². The number of esters is 1. The Morgan fingerprint density at radius 3 is 2.56 bits per heavy atom. The number of hydrogen-bond donors (Lipinski definition) is 2. The number of fused-ring (bicyclic) bond motifs is 9. The van der Waals surface area contributed by atoms with Crippen molar-refractivity contribution in [1.29, 1.82) is 5.26 Å². The molecule has 2 aromatic carbocycles.